The average molecular weight is 406 g/mol. The molecule has 1 aliphatic carbocycles. The zero-order valence-corrected chi connectivity index (χ0v) is 16.6. The zero-order chi connectivity index (χ0) is 21.4. The number of rotatable bonds is 10. The number of esters is 1. The molecule has 0 unspecified atom stereocenters. The lowest BCUT2D eigenvalue weighted by atomic mass is 9.88. The normalized spacial score (nSPS) is 20.9. The van der Waals surface area contributed by atoms with Crippen molar-refractivity contribution in [3.8, 4) is 5.75 Å². The van der Waals surface area contributed by atoms with Crippen LogP contribution in [-0.4, -0.2) is 49.4 Å². The van der Waals surface area contributed by atoms with Crippen LogP contribution in [0, 0.1) is 27.9 Å². The highest BCUT2D eigenvalue weighted by Crippen LogP contribution is 2.36. The van der Waals surface area contributed by atoms with Gasteiger partial charge in [0.15, 0.2) is 6.61 Å². The van der Waals surface area contributed by atoms with Gasteiger partial charge in [0.25, 0.3) is 5.91 Å². The summed E-state index contributed by atoms with van der Waals surface area (Å²) in [5.41, 5.74) is 0.943. The van der Waals surface area contributed by atoms with Crippen LogP contribution in [0.1, 0.15) is 25.3 Å². The monoisotopic (exact) mass is 406 g/mol. The second-order valence-electron chi connectivity index (χ2n) is 7.21. The topological polar surface area (TPSA) is 125 Å². The smallest absolute Gasteiger partial charge is 0.307 e. The first kappa shape index (κ1) is 22.3. The van der Waals surface area contributed by atoms with Crippen LogP contribution < -0.4 is 10.1 Å². The first-order chi connectivity index (χ1) is 13.8. The molecule has 0 aromatic heterocycles. The van der Waals surface area contributed by atoms with Gasteiger partial charge in [-0.2, -0.15) is 0 Å². The number of nitro groups is 1. The van der Waals surface area contributed by atoms with Gasteiger partial charge in [-0.25, -0.2) is 0 Å². The summed E-state index contributed by atoms with van der Waals surface area (Å²) in [5.74, 6) is -1.96. The van der Waals surface area contributed by atoms with Gasteiger partial charge in [0.1, 0.15) is 11.5 Å². The van der Waals surface area contributed by atoms with Crippen LogP contribution in [0.3, 0.4) is 0 Å². The standard InChI is InChI=1S/C20H26N2O7/c1-13-9-17(23)15(16(13)11-22(26)27)10-20(25)29-12-19(24)21-8-7-14-5-3-4-6-18(14)28-2/h3-6,13,15-16H,7-12H2,1-2H3,(H,21,24)/t13-,15+,16+/m0/s1. The first-order valence-corrected chi connectivity index (χ1v) is 9.50. The van der Waals surface area contributed by atoms with Crippen molar-refractivity contribution in [2.45, 2.75) is 26.2 Å². The molecule has 9 heteroatoms. The number of nitrogens with zero attached hydrogens (tertiary/aromatic N) is 1. The molecule has 29 heavy (non-hydrogen) atoms. The van der Waals surface area contributed by atoms with Crippen molar-refractivity contribution >= 4 is 17.7 Å². The second kappa shape index (κ2) is 10.5. The Kier molecular flexibility index (Phi) is 8.11. The summed E-state index contributed by atoms with van der Waals surface area (Å²) in [5, 5.41) is 13.5. The van der Waals surface area contributed by atoms with E-state index in [1.807, 2.05) is 24.3 Å². The maximum Gasteiger partial charge on any atom is 0.307 e. The van der Waals surface area contributed by atoms with E-state index in [0.29, 0.717) is 13.0 Å². The summed E-state index contributed by atoms with van der Waals surface area (Å²) in [6, 6.07) is 7.45. The van der Waals surface area contributed by atoms with Gasteiger partial charge in [0.2, 0.25) is 6.54 Å². The van der Waals surface area contributed by atoms with Gasteiger partial charge in [-0.3, -0.25) is 24.5 Å². The molecule has 9 nitrogen and oxygen atoms in total. The summed E-state index contributed by atoms with van der Waals surface area (Å²) in [6.07, 6.45) is 0.538. The number of methoxy groups -OCH3 is 1. The van der Waals surface area contributed by atoms with Crippen molar-refractivity contribution in [3.05, 3.63) is 39.9 Å². The third kappa shape index (κ3) is 6.55. The molecular formula is C20H26N2O7. The number of ether oxygens (including phenoxy) is 2. The minimum absolute atomic E-state index is 0.149. The molecule has 0 heterocycles. The van der Waals surface area contributed by atoms with E-state index < -0.39 is 35.2 Å². The number of nitrogens with one attached hydrogen (secondary N) is 1. The van der Waals surface area contributed by atoms with E-state index >= 15 is 0 Å². The molecule has 3 atom stereocenters. The highest BCUT2D eigenvalue weighted by Gasteiger charge is 2.44. The van der Waals surface area contributed by atoms with E-state index in [1.165, 1.54) is 0 Å². The minimum atomic E-state index is -0.725. The number of amides is 1. The molecule has 1 aromatic rings. The van der Waals surface area contributed by atoms with Crippen molar-refractivity contribution in [3.63, 3.8) is 0 Å². The Morgan fingerprint density at radius 2 is 2.03 bits per heavy atom. The Morgan fingerprint density at radius 1 is 1.31 bits per heavy atom. The number of carbonyl (C=O) groups excluding carboxylic acids is 3. The number of hydrogen-bond acceptors (Lipinski definition) is 7. The number of para-hydroxylation sites is 1. The summed E-state index contributed by atoms with van der Waals surface area (Å²) in [4.78, 5) is 46.3. The summed E-state index contributed by atoms with van der Waals surface area (Å²) < 4.78 is 10.2. The number of hydrogen-bond donors (Lipinski definition) is 1. The highest BCUT2D eigenvalue weighted by molar-refractivity contribution is 5.88. The van der Waals surface area contributed by atoms with Gasteiger partial charge in [0, 0.05) is 29.7 Å². The largest absolute Gasteiger partial charge is 0.496 e. The van der Waals surface area contributed by atoms with E-state index in [1.54, 1.807) is 14.0 Å². The molecule has 0 saturated heterocycles. The van der Waals surface area contributed by atoms with Crippen LogP contribution >= 0.6 is 0 Å². The zero-order valence-electron chi connectivity index (χ0n) is 16.6. The van der Waals surface area contributed by atoms with Crippen molar-refractivity contribution in [2.24, 2.45) is 17.8 Å². The number of benzene rings is 1. The minimum Gasteiger partial charge on any atom is -0.496 e. The van der Waals surface area contributed by atoms with Crippen LogP contribution in [-0.2, 0) is 25.5 Å². The SMILES string of the molecule is COc1ccccc1CCNC(=O)COC(=O)C[C@H]1C(=O)C[C@H](C)[C@H]1C[N+](=O)[O-]. The van der Waals surface area contributed by atoms with Crippen LogP contribution in [0.2, 0.25) is 0 Å². The average Bonchev–Trinajstić information content (AvgIpc) is 2.93. The van der Waals surface area contributed by atoms with Gasteiger partial charge < -0.3 is 14.8 Å². The van der Waals surface area contributed by atoms with Crippen molar-refractivity contribution in [1.29, 1.82) is 0 Å². The van der Waals surface area contributed by atoms with Crippen molar-refractivity contribution in [1.82, 2.24) is 5.32 Å². The number of ketones is 1. The lowest BCUT2D eigenvalue weighted by Gasteiger charge is -2.17. The molecule has 2 rings (SSSR count). The van der Waals surface area contributed by atoms with Gasteiger partial charge in [-0.15, -0.1) is 0 Å². The molecule has 1 N–H and O–H groups in total. The van der Waals surface area contributed by atoms with E-state index in [4.69, 9.17) is 9.47 Å². The van der Waals surface area contributed by atoms with Gasteiger partial charge in [-0.05, 0) is 24.0 Å². The molecule has 1 aliphatic rings. The highest BCUT2D eigenvalue weighted by atomic mass is 16.6. The van der Waals surface area contributed by atoms with E-state index in [-0.39, 0.29) is 31.1 Å². The summed E-state index contributed by atoms with van der Waals surface area (Å²) >= 11 is 0. The van der Waals surface area contributed by atoms with Crippen molar-refractivity contribution < 1.29 is 28.8 Å². The number of Topliss-reactive ketones (excluding diaryl/α,β-unsaturated/α-hetero) is 1. The number of carbonyl (C=O) groups is 3. The fourth-order valence-electron chi connectivity index (χ4n) is 3.68. The third-order valence-corrected chi connectivity index (χ3v) is 5.20. The van der Waals surface area contributed by atoms with Gasteiger partial charge in [0.05, 0.1) is 13.5 Å². The second-order valence-corrected chi connectivity index (χ2v) is 7.21. The van der Waals surface area contributed by atoms with E-state index in [2.05, 4.69) is 5.32 Å². The van der Waals surface area contributed by atoms with Crippen LogP contribution in [0.25, 0.3) is 0 Å². The molecule has 0 radical (unpaired) electrons. The Morgan fingerprint density at radius 3 is 2.72 bits per heavy atom. The van der Waals surface area contributed by atoms with Crippen LogP contribution in [0.5, 0.6) is 5.75 Å². The molecule has 0 bridgehead atoms. The first-order valence-electron chi connectivity index (χ1n) is 9.50. The van der Waals surface area contributed by atoms with Gasteiger partial charge in [-0.1, -0.05) is 25.1 Å². The predicted molar refractivity (Wildman–Crippen MR) is 103 cm³/mol. The Labute approximate surface area is 168 Å². The molecule has 1 amide bonds. The molecule has 0 aliphatic heterocycles. The lowest BCUT2D eigenvalue weighted by Crippen LogP contribution is -2.32. The molecule has 158 valence electrons. The Balaban J connectivity index is 1.74. The van der Waals surface area contributed by atoms with Crippen molar-refractivity contribution in [2.75, 3.05) is 26.8 Å². The molecule has 1 aromatic carbocycles. The van der Waals surface area contributed by atoms with Crippen LogP contribution in [0.4, 0.5) is 0 Å². The summed E-state index contributed by atoms with van der Waals surface area (Å²) in [6.45, 7) is 1.31. The maximum atomic E-state index is 12.1. The third-order valence-electron chi connectivity index (χ3n) is 5.20. The van der Waals surface area contributed by atoms with E-state index in [0.717, 1.165) is 11.3 Å². The van der Waals surface area contributed by atoms with Gasteiger partial charge >= 0.3 is 5.97 Å². The summed E-state index contributed by atoms with van der Waals surface area (Å²) in [7, 11) is 1.57. The fourth-order valence-corrected chi connectivity index (χ4v) is 3.68. The quantitative estimate of drug-likeness (QED) is 0.354. The molecular weight excluding hydrogens is 380 g/mol. The predicted octanol–water partition coefficient (Wildman–Crippen LogP) is 1.41. The molecule has 0 spiro atoms. The lowest BCUT2D eigenvalue weighted by molar-refractivity contribution is -0.490. The molecule has 1 saturated carbocycles. The van der Waals surface area contributed by atoms with Crippen LogP contribution in [0.15, 0.2) is 24.3 Å². The molecule has 1 fully saturated rings. The Hall–Kier alpha value is -2.97. The Bertz CT molecular complexity index is 765. The fraction of sp³-hybridized carbons (Fsp3) is 0.550. The van der Waals surface area contributed by atoms with E-state index in [9.17, 15) is 24.5 Å². The maximum absolute atomic E-state index is 12.1.